The molecule has 2 bridgehead atoms. The fourth-order valence-electron chi connectivity index (χ4n) is 1.98. The summed E-state index contributed by atoms with van der Waals surface area (Å²) in [6.07, 6.45) is 2.67. The Hall–Kier alpha value is -2.40. The van der Waals surface area contributed by atoms with Gasteiger partial charge < -0.3 is 10.6 Å². The number of nitrogens with two attached hydrogens (primary N) is 1. The third kappa shape index (κ3) is 1.75. The van der Waals surface area contributed by atoms with Gasteiger partial charge in [0, 0.05) is 5.22 Å². The molecule has 3 rings (SSSR count). The van der Waals surface area contributed by atoms with Crippen LogP contribution in [0.25, 0.3) is 11.4 Å². The van der Waals surface area contributed by atoms with Crippen molar-refractivity contribution in [3.05, 3.63) is 16.8 Å². The zero-order valence-corrected chi connectivity index (χ0v) is 10.0. The standard InChI is InChI=1S/C8H7N5O5S/c9-8(14)7-6-4(5-2-12(7)3-10-5)1-11-13(6)18-19(15,16)17/h1,3H,2H2,(H2,9,14)(H,15,16,17). The highest BCUT2D eigenvalue weighted by molar-refractivity contribution is 7.81. The largest absolute Gasteiger partial charge is 0.466 e. The molecule has 0 aliphatic carbocycles. The first kappa shape index (κ1) is 11.7. The molecule has 10 nitrogen and oxygen atoms in total. The van der Waals surface area contributed by atoms with E-state index in [1.165, 1.54) is 17.4 Å². The number of amides is 1. The van der Waals surface area contributed by atoms with E-state index >= 15 is 0 Å². The maximum Gasteiger partial charge on any atom is 0.466 e. The lowest BCUT2D eigenvalue weighted by Crippen LogP contribution is -2.47. The van der Waals surface area contributed by atoms with Gasteiger partial charge in [-0.25, -0.2) is 9.28 Å². The molecule has 0 unspecified atom stereocenters. The number of carbonyl (C=O) groups excluding carboxylic acids is 1. The summed E-state index contributed by atoms with van der Waals surface area (Å²) in [5, 5.41) is 4.09. The van der Waals surface area contributed by atoms with Crippen LogP contribution in [0.15, 0.2) is 11.2 Å². The molecule has 2 aliphatic heterocycles. The number of hydrogen-bond donors (Lipinski definition) is 2. The van der Waals surface area contributed by atoms with Crippen molar-refractivity contribution in [2.24, 2.45) is 10.7 Å². The fraction of sp³-hybridized carbons (Fsp3) is 0.125. The number of fused-ring (bicyclic) bond motifs is 3. The Morgan fingerprint density at radius 3 is 2.89 bits per heavy atom. The SMILES string of the molecule is NC(=O)C1=c2c(cnn2OS(=O)(=O)O)=C2CN1C=N2. The normalized spacial score (nSPS) is 16.8. The predicted molar refractivity (Wildman–Crippen MR) is 60.8 cm³/mol. The number of carbonyl (C=O) groups is 1. The molecule has 0 spiro atoms. The van der Waals surface area contributed by atoms with Crippen LogP contribution >= 0.6 is 0 Å². The summed E-state index contributed by atoms with van der Waals surface area (Å²) in [7, 11) is -4.78. The topological polar surface area (TPSA) is 140 Å². The van der Waals surface area contributed by atoms with E-state index in [2.05, 4.69) is 14.4 Å². The van der Waals surface area contributed by atoms with E-state index in [0.29, 0.717) is 22.3 Å². The minimum Gasteiger partial charge on any atom is -0.364 e. The number of rotatable bonds is 3. The number of aliphatic imine (C=N–C) groups is 1. The molecular weight excluding hydrogens is 278 g/mol. The van der Waals surface area contributed by atoms with Crippen LogP contribution in [0.4, 0.5) is 0 Å². The lowest BCUT2D eigenvalue weighted by molar-refractivity contribution is -0.113. The zero-order valence-electron chi connectivity index (χ0n) is 9.22. The highest BCUT2D eigenvalue weighted by atomic mass is 32.3. The summed E-state index contributed by atoms with van der Waals surface area (Å²) in [5.41, 5.74) is 5.84. The molecule has 0 fully saturated rings. The van der Waals surface area contributed by atoms with Crippen LogP contribution in [0.3, 0.4) is 0 Å². The van der Waals surface area contributed by atoms with Crippen molar-refractivity contribution in [3.63, 3.8) is 0 Å². The molecule has 0 atom stereocenters. The number of nitrogens with zero attached hydrogens (tertiary/aromatic N) is 4. The molecule has 0 aromatic carbocycles. The van der Waals surface area contributed by atoms with Gasteiger partial charge in [0.15, 0.2) is 0 Å². The molecule has 3 heterocycles. The second-order valence-corrected chi connectivity index (χ2v) is 4.82. The molecule has 1 aromatic rings. The zero-order chi connectivity index (χ0) is 13.8. The van der Waals surface area contributed by atoms with Crippen molar-refractivity contribution in [2.45, 2.75) is 0 Å². The molecule has 2 aliphatic rings. The van der Waals surface area contributed by atoms with Crippen LogP contribution in [-0.4, -0.2) is 46.6 Å². The third-order valence-corrected chi connectivity index (χ3v) is 2.96. The summed E-state index contributed by atoms with van der Waals surface area (Å²) >= 11 is 0. The number of aromatic nitrogens is 2. The van der Waals surface area contributed by atoms with E-state index in [1.54, 1.807) is 0 Å². The summed E-state index contributed by atoms with van der Waals surface area (Å²) in [6.45, 7) is 0.336. The Bertz CT molecular complexity index is 835. The average Bonchev–Trinajstić information content (AvgIpc) is 2.84. The van der Waals surface area contributed by atoms with E-state index in [1.807, 2.05) is 0 Å². The number of hydrogen-bond acceptors (Lipinski definition) is 7. The van der Waals surface area contributed by atoms with E-state index in [9.17, 15) is 13.2 Å². The van der Waals surface area contributed by atoms with Crippen LogP contribution in [0, 0.1) is 0 Å². The van der Waals surface area contributed by atoms with E-state index in [4.69, 9.17) is 10.3 Å². The molecular formula is C8H7N5O5S. The first-order valence-electron chi connectivity index (χ1n) is 4.96. The van der Waals surface area contributed by atoms with Gasteiger partial charge in [-0.3, -0.25) is 9.35 Å². The minimum absolute atomic E-state index is 0.0128. The van der Waals surface area contributed by atoms with Gasteiger partial charge in [0.05, 0.1) is 24.8 Å². The van der Waals surface area contributed by atoms with Crippen molar-refractivity contribution >= 4 is 34.0 Å². The van der Waals surface area contributed by atoms with Crippen LogP contribution < -0.4 is 20.6 Å². The van der Waals surface area contributed by atoms with E-state index < -0.39 is 16.3 Å². The lowest BCUT2D eigenvalue weighted by Gasteiger charge is -2.17. The Balaban J connectivity index is 2.37. The van der Waals surface area contributed by atoms with Crippen molar-refractivity contribution < 1.29 is 22.0 Å². The van der Waals surface area contributed by atoms with Gasteiger partial charge in [-0.05, 0) is 0 Å². The second kappa shape index (κ2) is 3.55. The van der Waals surface area contributed by atoms with Crippen LogP contribution in [0.2, 0.25) is 0 Å². The van der Waals surface area contributed by atoms with E-state index in [-0.39, 0.29) is 11.0 Å². The molecule has 0 radical (unpaired) electrons. The van der Waals surface area contributed by atoms with Gasteiger partial charge in [-0.2, -0.15) is 8.42 Å². The van der Waals surface area contributed by atoms with Gasteiger partial charge in [-0.1, -0.05) is 4.85 Å². The molecule has 0 saturated heterocycles. The van der Waals surface area contributed by atoms with Crippen LogP contribution in [-0.2, 0) is 15.2 Å². The van der Waals surface area contributed by atoms with Crippen LogP contribution in [0.1, 0.15) is 0 Å². The molecule has 19 heavy (non-hydrogen) atoms. The summed E-state index contributed by atoms with van der Waals surface area (Å²) < 4.78 is 34.4. The van der Waals surface area contributed by atoms with Gasteiger partial charge in [0.1, 0.15) is 11.0 Å². The Morgan fingerprint density at radius 1 is 1.53 bits per heavy atom. The molecule has 1 amide bonds. The van der Waals surface area contributed by atoms with Gasteiger partial charge >= 0.3 is 10.4 Å². The number of primary amides is 1. The third-order valence-electron chi connectivity index (χ3n) is 2.63. The van der Waals surface area contributed by atoms with Gasteiger partial charge in [0.2, 0.25) is 0 Å². The van der Waals surface area contributed by atoms with E-state index in [0.717, 1.165) is 0 Å². The van der Waals surface area contributed by atoms with Gasteiger partial charge in [-0.15, -0.1) is 5.10 Å². The van der Waals surface area contributed by atoms with Crippen molar-refractivity contribution in [1.29, 1.82) is 0 Å². The molecule has 0 saturated carbocycles. The highest BCUT2D eigenvalue weighted by Crippen LogP contribution is 2.15. The Labute approximate surface area is 106 Å². The summed E-state index contributed by atoms with van der Waals surface area (Å²) in [6, 6.07) is 0. The molecule has 11 heteroatoms. The van der Waals surface area contributed by atoms with Crippen LogP contribution in [0.5, 0.6) is 0 Å². The first-order chi connectivity index (χ1) is 8.87. The second-order valence-electron chi connectivity index (χ2n) is 3.81. The minimum atomic E-state index is -4.78. The van der Waals surface area contributed by atoms with Crippen molar-refractivity contribution in [1.82, 2.24) is 14.8 Å². The Kier molecular flexibility index (Phi) is 2.18. The molecule has 1 aromatic heterocycles. The Morgan fingerprint density at radius 2 is 2.26 bits per heavy atom. The first-order valence-corrected chi connectivity index (χ1v) is 6.33. The smallest absolute Gasteiger partial charge is 0.364 e. The maximum absolute atomic E-state index is 11.5. The molecule has 100 valence electrons. The quantitative estimate of drug-likeness (QED) is 0.542. The van der Waals surface area contributed by atoms with Crippen molar-refractivity contribution in [2.75, 3.05) is 6.54 Å². The highest BCUT2D eigenvalue weighted by Gasteiger charge is 2.29. The average molecular weight is 285 g/mol. The fourth-order valence-corrected chi connectivity index (χ4v) is 2.27. The summed E-state index contributed by atoms with van der Waals surface area (Å²) in [4.78, 5) is 17.5. The lowest BCUT2D eigenvalue weighted by atomic mass is 10.2. The summed E-state index contributed by atoms with van der Waals surface area (Å²) in [5.74, 6) is -0.797. The van der Waals surface area contributed by atoms with Gasteiger partial charge in [0.25, 0.3) is 5.91 Å². The monoisotopic (exact) mass is 285 g/mol. The molecule has 3 N–H and O–H groups in total. The predicted octanol–water partition coefficient (Wildman–Crippen LogP) is -3.83. The maximum atomic E-state index is 11.5. The van der Waals surface area contributed by atoms with Crippen molar-refractivity contribution in [3.8, 4) is 0 Å².